The molecule has 1 N–H and O–H groups in total. The lowest BCUT2D eigenvalue weighted by molar-refractivity contribution is -0.137. The van der Waals surface area contributed by atoms with E-state index in [-0.39, 0.29) is 11.9 Å². The molecule has 2 rings (SSSR count). The highest BCUT2D eigenvalue weighted by Crippen LogP contribution is 2.12. The van der Waals surface area contributed by atoms with Crippen molar-refractivity contribution in [1.29, 1.82) is 0 Å². The summed E-state index contributed by atoms with van der Waals surface area (Å²) in [5.41, 5.74) is 2.61. The largest absolute Gasteiger partial charge is 0.463 e. The van der Waals surface area contributed by atoms with Gasteiger partial charge in [-0.15, -0.1) is 0 Å². The molecule has 24 heavy (non-hydrogen) atoms. The van der Waals surface area contributed by atoms with Gasteiger partial charge in [0.05, 0.1) is 6.61 Å². The summed E-state index contributed by atoms with van der Waals surface area (Å²) in [5, 5.41) is 2.85. The van der Waals surface area contributed by atoms with Crippen LogP contribution in [0.25, 0.3) is 6.08 Å². The Morgan fingerprint density at radius 1 is 1.21 bits per heavy atom. The molecule has 0 spiro atoms. The van der Waals surface area contributed by atoms with Gasteiger partial charge in [-0.1, -0.05) is 18.2 Å². The number of hydrogen-bond donors (Lipinski definition) is 1. The van der Waals surface area contributed by atoms with Gasteiger partial charge in [-0.05, 0) is 48.7 Å². The first-order valence-corrected chi connectivity index (χ1v) is 7.81. The van der Waals surface area contributed by atoms with Gasteiger partial charge in [0.25, 0.3) is 0 Å². The molecular formula is C19H20N2O3. The smallest absolute Gasteiger partial charge is 0.330 e. The van der Waals surface area contributed by atoms with Gasteiger partial charge < -0.3 is 10.1 Å². The number of anilines is 1. The molecule has 0 fully saturated rings. The van der Waals surface area contributed by atoms with E-state index in [1.165, 1.54) is 6.08 Å². The second-order valence-electron chi connectivity index (χ2n) is 5.12. The molecule has 0 aliphatic heterocycles. The van der Waals surface area contributed by atoms with E-state index < -0.39 is 0 Å². The van der Waals surface area contributed by atoms with Gasteiger partial charge in [0.2, 0.25) is 5.91 Å². The number of aryl methyl sites for hydroxylation is 1. The van der Waals surface area contributed by atoms with Crippen LogP contribution >= 0.6 is 0 Å². The summed E-state index contributed by atoms with van der Waals surface area (Å²) in [7, 11) is 0. The molecule has 5 nitrogen and oxygen atoms in total. The molecule has 0 radical (unpaired) electrons. The highest BCUT2D eigenvalue weighted by Gasteiger charge is 2.03. The number of hydrogen-bond acceptors (Lipinski definition) is 4. The van der Waals surface area contributed by atoms with Crippen LogP contribution in [-0.2, 0) is 20.7 Å². The minimum Gasteiger partial charge on any atom is -0.463 e. The summed E-state index contributed by atoms with van der Waals surface area (Å²) in [5.74, 6) is -0.418. The number of esters is 1. The first-order chi connectivity index (χ1) is 11.7. The van der Waals surface area contributed by atoms with Gasteiger partial charge in [0.15, 0.2) is 0 Å². The Morgan fingerprint density at radius 3 is 2.67 bits per heavy atom. The Hall–Kier alpha value is -2.95. The molecule has 0 atom stereocenters. The van der Waals surface area contributed by atoms with Crippen molar-refractivity contribution in [2.24, 2.45) is 0 Å². The van der Waals surface area contributed by atoms with E-state index in [0.717, 1.165) is 16.8 Å². The van der Waals surface area contributed by atoms with Gasteiger partial charge in [0.1, 0.15) is 0 Å². The van der Waals surface area contributed by atoms with Crippen LogP contribution in [0.2, 0.25) is 0 Å². The van der Waals surface area contributed by atoms with Crippen molar-refractivity contribution >= 4 is 23.6 Å². The van der Waals surface area contributed by atoms with Crippen molar-refractivity contribution in [3.05, 3.63) is 66.0 Å². The van der Waals surface area contributed by atoms with Crippen LogP contribution in [-0.4, -0.2) is 23.5 Å². The SMILES string of the molecule is CCOC(=O)/C=C/c1ccc(NC(=O)CCc2cccnc2)cc1. The predicted octanol–water partition coefficient (Wildman–Crippen LogP) is 3.23. The zero-order valence-electron chi connectivity index (χ0n) is 13.6. The van der Waals surface area contributed by atoms with Gasteiger partial charge in [-0.2, -0.15) is 0 Å². The number of pyridine rings is 1. The molecule has 0 saturated heterocycles. The first kappa shape index (κ1) is 17.4. The number of amides is 1. The third kappa shape index (κ3) is 6.04. The number of benzene rings is 1. The normalized spacial score (nSPS) is 10.5. The van der Waals surface area contributed by atoms with E-state index in [9.17, 15) is 9.59 Å². The maximum atomic E-state index is 12.0. The number of carbonyl (C=O) groups is 2. The van der Waals surface area contributed by atoms with Crippen molar-refractivity contribution in [3.63, 3.8) is 0 Å². The topological polar surface area (TPSA) is 68.3 Å². The number of aromatic nitrogens is 1. The molecule has 5 heteroatoms. The van der Waals surface area contributed by atoms with Crippen molar-refractivity contribution in [1.82, 2.24) is 4.98 Å². The van der Waals surface area contributed by atoms with E-state index in [2.05, 4.69) is 10.3 Å². The number of carbonyl (C=O) groups excluding carboxylic acids is 2. The molecule has 0 bridgehead atoms. The quantitative estimate of drug-likeness (QED) is 0.627. The summed E-state index contributed by atoms with van der Waals surface area (Å²) < 4.78 is 4.82. The van der Waals surface area contributed by atoms with Crippen molar-refractivity contribution < 1.29 is 14.3 Å². The molecule has 1 heterocycles. The Kier molecular flexibility index (Phi) is 6.71. The number of nitrogens with zero attached hydrogens (tertiary/aromatic N) is 1. The summed E-state index contributed by atoms with van der Waals surface area (Å²) in [6.45, 7) is 2.12. The van der Waals surface area contributed by atoms with E-state index in [0.29, 0.717) is 19.4 Å². The minimum atomic E-state index is -0.370. The van der Waals surface area contributed by atoms with Gasteiger partial charge in [-0.3, -0.25) is 9.78 Å². The van der Waals surface area contributed by atoms with Crippen LogP contribution in [0.1, 0.15) is 24.5 Å². The summed E-state index contributed by atoms with van der Waals surface area (Å²) in [6, 6.07) is 11.1. The fourth-order valence-corrected chi connectivity index (χ4v) is 2.06. The second-order valence-corrected chi connectivity index (χ2v) is 5.12. The molecule has 0 aliphatic carbocycles. The maximum Gasteiger partial charge on any atom is 0.330 e. The molecule has 0 aliphatic rings. The highest BCUT2D eigenvalue weighted by atomic mass is 16.5. The third-order valence-corrected chi connectivity index (χ3v) is 3.26. The van der Waals surface area contributed by atoms with Crippen LogP contribution in [0, 0.1) is 0 Å². The second kappa shape index (κ2) is 9.25. The average Bonchev–Trinajstić information content (AvgIpc) is 2.60. The maximum absolute atomic E-state index is 12.0. The minimum absolute atomic E-state index is 0.0475. The Balaban J connectivity index is 1.82. The monoisotopic (exact) mass is 324 g/mol. The zero-order valence-corrected chi connectivity index (χ0v) is 13.6. The van der Waals surface area contributed by atoms with E-state index >= 15 is 0 Å². The Labute approximate surface area is 141 Å². The average molecular weight is 324 g/mol. The molecular weight excluding hydrogens is 304 g/mol. The van der Waals surface area contributed by atoms with Crippen LogP contribution in [0.3, 0.4) is 0 Å². The fraction of sp³-hybridized carbons (Fsp3) is 0.211. The fourth-order valence-electron chi connectivity index (χ4n) is 2.06. The van der Waals surface area contributed by atoms with Crippen LogP contribution < -0.4 is 5.32 Å². The molecule has 1 aromatic heterocycles. The van der Waals surface area contributed by atoms with Crippen molar-refractivity contribution in [2.45, 2.75) is 19.8 Å². The lowest BCUT2D eigenvalue weighted by atomic mass is 10.1. The van der Waals surface area contributed by atoms with Gasteiger partial charge in [0, 0.05) is 30.6 Å². The van der Waals surface area contributed by atoms with Crippen LogP contribution in [0.4, 0.5) is 5.69 Å². The molecule has 0 saturated carbocycles. The van der Waals surface area contributed by atoms with Crippen molar-refractivity contribution in [3.8, 4) is 0 Å². The Morgan fingerprint density at radius 2 is 2.00 bits per heavy atom. The van der Waals surface area contributed by atoms with E-state index in [4.69, 9.17) is 4.74 Å². The van der Waals surface area contributed by atoms with Crippen LogP contribution in [0.15, 0.2) is 54.9 Å². The standard InChI is InChI=1S/C19H20N2O3/c1-2-24-19(23)12-8-15-5-9-17(10-6-15)21-18(22)11-7-16-4-3-13-20-14-16/h3-6,8-10,12-14H,2,7,11H2,1H3,(H,21,22)/b12-8+. The van der Waals surface area contributed by atoms with Gasteiger partial charge >= 0.3 is 5.97 Å². The number of ether oxygens (including phenoxy) is 1. The van der Waals surface area contributed by atoms with Crippen molar-refractivity contribution in [2.75, 3.05) is 11.9 Å². The molecule has 1 aromatic carbocycles. The molecule has 2 aromatic rings. The van der Waals surface area contributed by atoms with E-state index in [1.807, 2.05) is 24.3 Å². The molecule has 1 amide bonds. The highest BCUT2D eigenvalue weighted by molar-refractivity contribution is 5.91. The predicted molar refractivity (Wildman–Crippen MR) is 93.3 cm³/mol. The first-order valence-electron chi connectivity index (χ1n) is 7.81. The lowest BCUT2D eigenvalue weighted by Crippen LogP contribution is -2.12. The summed E-state index contributed by atoms with van der Waals surface area (Å²) in [6.07, 6.45) is 7.58. The van der Waals surface area contributed by atoms with Gasteiger partial charge in [-0.25, -0.2) is 4.79 Å². The Bertz CT molecular complexity index is 694. The van der Waals surface area contributed by atoms with Crippen LogP contribution in [0.5, 0.6) is 0 Å². The van der Waals surface area contributed by atoms with E-state index in [1.54, 1.807) is 37.5 Å². The zero-order chi connectivity index (χ0) is 17.2. The summed E-state index contributed by atoms with van der Waals surface area (Å²) in [4.78, 5) is 27.2. The molecule has 0 unspecified atom stereocenters. The number of nitrogens with one attached hydrogen (secondary N) is 1. The lowest BCUT2D eigenvalue weighted by Gasteiger charge is -2.05. The third-order valence-electron chi connectivity index (χ3n) is 3.26. The number of rotatable bonds is 7. The molecule has 124 valence electrons. The summed E-state index contributed by atoms with van der Waals surface area (Å²) >= 11 is 0.